The van der Waals surface area contributed by atoms with Crippen LogP contribution in [0.5, 0.6) is 0 Å². The van der Waals surface area contributed by atoms with Gasteiger partial charge >= 0.3 is 0 Å². The predicted octanol–water partition coefficient (Wildman–Crippen LogP) is 2.65. The first-order chi connectivity index (χ1) is 5.16. The second-order valence-electron chi connectivity index (χ2n) is 2.73. The summed E-state index contributed by atoms with van der Waals surface area (Å²) in [6, 6.07) is 0. The zero-order valence-corrected chi connectivity index (χ0v) is 9.34. The molecule has 0 saturated heterocycles. The maximum absolute atomic E-state index is 4.45. The number of nitrogens with zero attached hydrogens (tertiary/aromatic N) is 2. The molecule has 1 aromatic heterocycles. The number of aromatic nitrogens is 2. The van der Waals surface area contributed by atoms with Crippen molar-refractivity contribution >= 4 is 22.9 Å². The van der Waals surface area contributed by atoms with Gasteiger partial charge in [-0.15, -0.1) is 0 Å². The Morgan fingerprint density at radius 1 is 1.45 bits per heavy atom. The molecule has 0 atom stereocenters. The van der Waals surface area contributed by atoms with Crippen LogP contribution >= 0.6 is 22.9 Å². The maximum atomic E-state index is 4.45. The molecule has 0 bridgehead atoms. The highest BCUT2D eigenvalue weighted by Gasteiger charge is 2.06. The van der Waals surface area contributed by atoms with Crippen LogP contribution in [0, 0.1) is 13.8 Å². The number of aryl methyl sites for hydroxylation is 2. The Labute approximate surface area is 81.5 Å². The van der Waals surface area contributed by atoms with Crippen molar-refractivity contribution in [2.24, 2.45) is 0 Å². The molecule has 0 aromatic carbocycles. The highest BCUT2D eigenvalue weighted by molar-refractivity contribution is 14.1. The summed E-state index contributed by atoms with van der Waals surface area (Å²) in [6.07, 6.45) is 2.25. The van der Waals surface area contributed by atoms with E-state index in [-0.39, 0.29) is 0 Å². The van der Waals surface area contributed by atoms with Gasteiger partial charge < -0.3 is 0 Å². The highest BCUT2D eigenvalue weighted by Crippen LogP contribution is 2.14. The molecule has 0 fully saturated rings. The van der Waals surface area contributed by atoms with Gasteiger partial charge in [-0.2, -0.15) is 0 Å². The normalized spacial score (nSPS) is 10.5. The fourth-order valence-electron chi connectivity index (χ4n) is 1.03. The molecular weight excluding hydrogens is 251 g/mol. The smallest absolute Gasteiger partial charge is 0.118 e. The Balaban J connectivity index is 2.98. The van der Waals surface area contributed by atoms with Crippen LogP contribution in [0.3, 0.4) is 0 Å². The number of hydrogen-bond acceptors (Lipinski definition) is 1. The molecule has 11 heavy (non-hydrogen) atoms. The average molecular weight is 264 g/mol. The van der Waals surface area contributed by atoms with Crippen molar-refractivity contribution in [1.29, 1.82) is 0 Å². The molecule has 0 N–H and O–H groups in total. The number of hydrogen-bond donors (Lipinski definition) is 0. The lowest BCUT2D eigenvalue weighted by molar-refractivity contribution is 0.845. The Morgan fingerprint density at radius 2 is 2.09 bits per heavy atom. The zero-order valence-electron chi connectivity index (χ0n) is 7.19. The summed E-state index contributed by atoms with van der Waals surface area (Å²) < 4.78 is 2.15. The summed E-state index contributed by atoms with van der Waals surface area (Å²) in [6.45, 7) is 6.34. The molecule has 0 aliphatic rings. The van der Waals surface area contributed by atoms with Crippen LogP contribution in [-0.2, 0) is 6.42 Å². The average Bonchev–Trinajstić information content (AvgIpc) is 2.19. The second kappa shape index (κ2) is 3.56. The molecule has 1 heterocycles. The fraction of sp³-hybridized carbons (Fsp3) is 0.625. The van der Waals surface area contributed by atoms with Gasteiger partial charge in [-0.3, -0.25) is 2.78 Å². The Morgan fingerprint density at radius 3 is 2.45 bits per heavy atom. The third-order valence-corrected chi connectivity index (χ3v) is 3.10. The Bertz CT molecular complexity index is 253. The van der Waals surface area contributed by atoms with Gasteiger partial charge in [0.2, 0.25) is 0 Å². The van der Waals surface area contributed by atoms with Crippen molar-refractivity contribution in [2.75, 3.05) is 0 Å². The first-order valence-electron chi connectivity index (χ1n) is 3.87. The number of rotatable bonds is 2. The van der Waals surface area contributed by atoms with E-state index in [9.17, 15) is 0 Å². The van der Waals surface area contributed by atoms with Crippen molar-refractivity contribution in [3.63, 3.8) is 0 Å². The van der Waals surface area contributed by atoms with E-state index in [2.05, 4.69) is 51.4 Å². The summed E-state index contributed by atoms with van der Waals surface area (Å²) in [5.41, 5.74) is 2.43. The van der Waals surface area contributed by atoms with Gasteiger partial charge in [-0.05, 0) is 20.3 Å². The van der Waals surface area contributed by atoms with Crippen LogP contribution in [0.4, 0.5) is 0 Å². The third-order valence-electron chi connectivity index (χ3n) is 1.82. The van der Waals surface area contributed by atoms with Crippen molar-refractivity contribution in [2.45, 2.75) is 33.6 Å². The summed E-state index contributed by atoms with van der Waals surface area (Å²) in [5, 5.41) is 0. The van der Waals surface area contributed by atoms with E-state index in [0.717, 1.165) is 12.1 Å². The van der Waals surface area contributed by atoms with Crippen LogP contribution in [0.25, 0.3) is 0 Å². The lowest BCUT2D eigenvalue weighted by atomic mass is 10.3. The predicted molar refractivity (Wildman–Crippen MR) is 55.1 cm³/mol. The van der Waals surface area contributed by atoms with Crippen molar-refractivity contribution in [3.05, 3.63) is 17.2 Å². The van der Waals surface area contributed by atoms with E-state index in [1.54, 1.807) is 0 Å². The van der Waals surface area contributed by atoms with Gasteiger partial charge in [0, 0.05) is 12.1 Å². The molecule has 0 aliphatic carbocycles. The van der Waals surface area contributed by atoms with Gasteiger partial charge in [0.1, 0.15) is 5.82 Å². The maximum Gasteiger partial charge on any atom is 0.118 e. The summed E-state index contributed by atoms with van der Waals surface area (Å²) in [5.74, 6) is 1.20. The molecule has 0 saturated carbocycles. The van der Waals surface area contributed by atoms with Crippen LogP contribution < -0.4 is 0 Å². The highest BCUT2D eigenvalue weighted by atomic mass is 127. The minimum atomic E-state index is 1.08. The summed E-state index contributed by atoms with van der Waals surface area (Å²) in [7, 11) is 0. The van der Waals surface area contributed by atoms with Crippen LogP contribution in [-0.4, -0.2) is 7.76 Å². The van der Waals surface area contributed by atoms with Gasteiger partial charge in [-0.1, -0.05) is 6.92 Å². The Hall–Kier alpha value is -0.0600. The first-order valence-corrected chi connectivity index (χ1v) is 4.84. The minimum Gasteiger partial charge on any atom is -0.273 e. The van der Waals surface area contributed by atoms with E-state index < -0.39 is 0 Å². The lowest BCUT2D eigenvalue weighted by Gasteiger charge is -1.97. The molecule has 0 amide bonds. The summed E-state index contributed by atoms with van der Waals surface area (Å²) in [4.78, 5) is 4.45. The first kappa shape index (κ1) is 9.03. The van der Waals surface area contributed by atoms with E-state index in [4.69, 9.17) is 0 Å². The van der Waals surface area contributed by atoms with Crippen LogP contribution in [0.15, 0.2) is 0 Å². The molecule has 62 valence electrons. The van der Waals surface area contributed by atoms with Gasteiger partial charge in [0.25, 0.3) is 0 Å². The molecule has 1 aromatic rings. The topological polar surface area (TPSA) is 17.8 Å². The fourth-order valence-corrected chi connectivity index (χ4v) is 1.73. The largest absolute Gasteiger partial charge is 0.273 e. The van der Waals surface area contributed by atoms with Gasteiger partial charge in [0.05, 0.1) is 28.6 Å². The minimum absolute atomic E-state index is 1.08. The molecule has 3 heteroatoms. The van der Waals surface area contributed by atoms with Crippen LogP contribution in [0.2, 0.25) is 0 Å². The van der Waals surface area contributed by atoms with E-state index in [1.165, 1.54) is 17.9 Å². The molecule has 0 aliphatic heterocycles. The number of halogens is 1. The molecule has 0 unspecified atom stereocenters. The van der Waals surface area contributed by atoms with E-state index in [0.29, 0.717) is 0 Å². The second-order valence-corrected chi connectivity index (χ2v) is 3.69. The standard InChI is InChI=1S/C8H13IN2/c1-4-5-8-10-6(2)7(3)11(8)9/h4-5H2,1-3H3. The lowest BCUT2D eigenvalue weighted by Crippen LogP contribution is -1.92. The van der Waals surface area contributed by atoms with Crippen molar-refractivity contribution in [3.8, 4) is 0 Å². The SMILES string of the molecule is CCCc1nc(C)c(C)n1I. The molecule has 1 rings (SSSR count). The monoisotopic (exact) mass is 264 g/mol. The Kier molecular flexibility index (Phi) is 2.92. The van der Waals surface area contributed by atoms with E-state index >= 15 is 0 Å². The molecule has 2 nitrogen and oxygen atoms in total. The van der Waals surface area contributed by atoms with Crippen LogP contribution in [0.1, 0.15) is 30.6 Å². The van der Waals surface area contributed by atoms with Gasteiger partial charge in [-0.25, -0.2) is 4.98 Å². The number of imidazole rings is 1. The zero-order chi connectivity index (χ0) is 8.43. The van der Waals surface area contributed by atoms with Crippen molar-refractivity contribution < 1.29 is 0 Å². The van der Waals surface area contributed by atoms with Crippen molar-refractivity contribution in [1.82, 2.24) is 7.76 Å². The van der Waals surface area contributed by atoms with E-state index in [1.807, 2.05) is 0 Å². The molecular formula is C8H13IN2. The third kappa shape index (κ3) is 1.75. The van der Waals surface area contributed by atoms with Gasteiger partial charge in [0.15, 0.2) is 0 Å². The molecule has 0 spiro atoms. The molecule has 0 radical (unpaired) electrons. The quantitative estimate of drug-likeness (QED) is 0.751. The summed E-state index contributed by atoms with van der Waals surface area (Å²) >= 11 is 2.30.